The van der Waals surface area contributed by atoms with Crippen molar-refractivity contribution in [3.05, 3.63) is 35.4 Å². The number of aliphatic carboxylic acids is 1. The maximum absolute atomic E-state index is 12.2. The molecule has 0 fully saturated rings. The normalized spacial score (nSPS) is 12.0. The van der Waals surface area contributed by atoms with E-state index in [4.69, 9.17) is 9.84 Å². The number of ether oxygens (including phenoxy) is 1. The fourth-order valence-corrected chi connectivity index (χ4v) is 3.75. The first-order chi connectivity index (χ1) is 11.0. The van der Waals surface area contributed by atoms with Crippen molar-refractivity contribution >= 4 is 22.0 Å². The van der Waals surface area contributed by atoms with Crippen LogP contribution in [0.15, 0.2) is 24.3 Å². The first kappa shape index (κ1) is 20.1. The van der Waals surface area contributed by atoms with E-state index >= 15 is 0 Å². The molecule has 24 heavy (non-hydrogen) atoms. The van der Waals surface area contributed by atoms with Crippen LogP contribution in [0.5, 0.6) is 0 Å². The predicted molar refractivity (Wildman–Crippen MR) is 89.1 cm³/mol. The fraction of sp³-hybridized carbons (Fsp3) is 0.500. The number of sulfonamides is 1. The third-order valence-electron chi connectivity index (χ3n) is 3.22. The number of carboxylic acids is 1. The second-order valence-electron chi connectivity index (χ2n) is 6.06. The van der Waals surface area contributed by atoms with Gasteiger partial charge in [0.2, 0.25) is 10.0 Å². The van der Waals surface area contributed by atoms with Crippen molar-refractivity contribution in [2.75, 3.05) is 6.61 Å². The van der Waals surface area contributed by atoms with Crippen LogP contribution in [-0.4, -0.2) is 37.6 Å². The van der Waals surface area contributed by atoms with Gasteiger partial charge >= 0.3 is 11.9 Å². The molecule has 0 aliphatic heterocycles. The molecule has 8 heteroatoms. The van der Waals surface area contributed by atoms with Crippen LogP contribution in [0.1, 0.15) is 49.5 Å². The maximum Gasteiger partial charge on any atom is 0.338 e. The number of esters is 1. The van der Waals surface area contributed by atoms with Gasteiger partial charge in [-0.3, -0.25) is 4.79 Å². The number of hydrogen-bond acceptors (Lipinski definition) is 5. The molecule has 1 aromatic rings. The highest BCUT2D eigenvalue weighted by atomic mass is 32.2. The molecular formula is C16H23NO6S. The Hall–Kier alpha value is -1.93. The summed E-state index contributed by atoms with van der Waals surface area (Å²) in [5.41, 5.74) is 0.0135. The van der Waals surface area contributed by atoms with Gasteiger partial charge in [-0.25, -0.2) is 17.9 Å². The van der Waals surface area contributed by atoms with Crippen molar-refractivity contribution in [2.24, 2.45) is 0 Å². The largest absolute Gasteiger partial charge is 0.481 e. The number of carbonyl (C=O) groups is 2. The summed E-state index contributed by atoms with van der Waals surface area (Å²) >= 11 is 0. The Morgan fingerprint density at radius 2 is 1.79 bits per heavy atom. The van der Waals surface area contributed by atoms with E-state index in [0.717, 1.165) is 0 Å². The van der Waals surface area contributed by atoms with Crippen LogP contribution in [0.3, 0.4) is 0 Å². The summed E-state index contributed by atoms with van der Waals surface area (Å²) in [6.45, 7) is 5.25. The minimum absolute atomic E-state index is 0.121. The number of rotatable bonds is 9. The molecule has 0 amide bonds. The predicted octanol–water partition coefficient (Wildman–Crippen LogP) is 1.93. The summed E-state index contributed by atoms with van der Waals surface area (Å²) in [6, 6.07) is 6.13. The lowest BCUT2D eigenvalue weighted by Crippen LogP contribution is -2.44. The van der Waals surface area contributed by atoms with Crippen LogP contribution in [0.25, 0.3) is 0 Å². The molecule has 0 aliphatic rings. The topological polar surface area (TPSA) is 110 Å². The van der Waals surface area contributed by atoms with Crippen molar-refractivity contribution in [3.8, 4) is 0 Å². The van der Waals surface area contributed by atoms with E-state index in [-0.39, 0.29) is 25.2 Å². The molecule has 1 aromatic carbocycles. The van der Waals surface area contributed by atoms with E-state index in [1.54, 1.807) is 32.9 Å². The molecule has 0 aliphatic carbocycles. The zero-order chi connectivity index (χ0) is 18.4. The highest BCUT2D eigenvalue weighted by molar-refractivity contribution is 7.88. The van der Waals surface area contributed by atoms with Gasteiger partial charge in [-0.1, -0.05) is 12.1 Å². The first-order valence-electron chi connectivity index (χ1n) is 7.54. The van der Waals surface area contributed by atoms with E-state index in [1.165, 1.54) is 12.1 Å². The van der Waals surface area contributed by atoms with Gasteiger partial charge in [0.05, 0.1) is 17.9 Å². The summed E-state index contributed by atoms with van der Waals surface area (Å²) in [5.74, 6) is -1.69. The Kier molecular flexibility index (Phi) is 6.92. The molecule has 2 N–H and O–H groups in total. The van der Waals surface area contributed by atoms with Gasteiger partial charge in [0.15, 0.2) is 0 Å². The van der Waals surface area contributed by atoms with Crippen molar-refractivity contribution in [1.82, 2.24) is 4.72 Å². The smallest absolute Gasteiger partial charge is 0.338 e. The molecule has 7 nitrogen and oxygen atoms in total. The second-order valence-corrected chi connectivity index (χ2v) is 7.78. The fourth-order valence-electron chi connectivity index (χ4n) is 2.10. The lowest BCUT2D eigenvalue weighted by molar-refractivity contribution is -0.137. The molecule has 134 valence electrons. The van der Waals surface area contributed by atoms with E-state index < -0.39 is 27.5 Å². The van der Waals surface area contributed by atoms with Crippen molar-refractivity contribution in [1.29, 1.82) is 0 Å². The van der Waals surface area contributed by atoms with E-state index in [2.05, 4.69) is 4.72 Å². The standard InChI is InChI=1S/C16H23NO6S/c1-4-23-15(20)13-7-5-12(6-8-13)11-24(21,22)17-16(2,3)10-9-14(18)19/h5-8,17H,4,9-11H2,1-3H3,(H,18,19). The van der Waals surface area contributed by atoms with Gasteiger partial charge in [-0.2, -0.15) is 0 Å². The van der Waals surface area contributed by atoms with Gasteiger partial charge < -0.3 is 9.84 Å². The van der Waals surface area contributed by atoms with Crippen LogP contribution in [0.4, 0.5) is 0 Å². The third kappa shape index (κ3) is 7.10. The second kappa shape index (κ2) is 8.25. The monoisotopic (exact) mass is 357 g/mol. The number of benzene rings is 1. The molecule has 0 unspecified atom stereocenters. The average Bonchev–Trinajstić information content (AvgIpc) is 2.44. The zero-order valence-electron chi connectivity index (χ0n) is 14.0. The highest BCUT2D eigenvalue weighted by Crippen LogP contribution is 2.15. The SMILES string of the molecule is CCOC(=O)c1ccc(CS(=O)(=O)NC(C)(C)CCC(=O)O)cc1. The Morgan fingerprint density at radius 1 is 1.21 bits per heavy atom. The summed E-state index contributed by atoms with van der Waals surface area (Å²) in [6.07, 6.45) is 0.0626. The highest BCUT2D eigenvalue weighted by Gasteiger charge is 2.25. The van der Waals surface area contributed by atoms with E-state index in [0.29, 0.717) is 11.1 Å². The van der Waals surface area contributed by atoms with Gasteiger partial charge in [-0.05, 0) is 44.9 Å². The first-order valence-corrected chi connectivity index (χ1v) is 9.19. The zero-order valence-corrected chi connectivity index (χ0v) is 14.9. The molecule has 0 bridgehead atoms. The summed E-state index contributed by atoms with van der Waals surface area (Å²) in [5, 5.41) is 8.70. The lowest BCUT2D eigenvalue weighted by Gasteiger charge is -2.25. The minimum Gasteiger partial charge on any atom is -0.481 e. The summed E-state index contributed by atoms with van der Waals surface area (Å²) < 4.78 is 31.8. The summed E-state index contributed by atoms with van der Waals surface area (Å²) in [4.78, 5) is 22.2. The van der Waals surface area contributed by atoms with Gasteiger partial charge in [0.1, 0.15) is 0 Å². The van der Waals surface area contributed by atoms with Crippen LogP contribution < -0.4 is 4.72 Å². The molecule has 0 saturated carbocycles. The number of carbonyl (C=O) groups excluding carboxylic acids is 1. The molecule has 0 spiro atoms. The third-order valence-corrected chi connectivity index (χ3v) is 4.79. The van der Waals surface area contributed by atoms with Crippen LogP contribution in [0, 0.1) is 0 Å². The molecule has 0 aromatic heterocycles. The van der Waals surface area contributed by atoms with Gasteiger partial charge in [0, 0.05) is 12.0 Å². The van der Waals surface area contributed by atoms with Gasteiger partial charge in [0.25, 0.3) is 0 Å². The maximum atomic E-state index is 12.2. The van der Waals surface area contributed by atoms with Crippen LogP contribution in [0.2, 0.25) is 0 Å². The van der Waals surface area contributed by atoms with Crippen molar-refractivity contribution in [3.63, 3.8) is 0 Å². The van der Waals surface area contributed by atoms with E-state index in [9.17, 15) is 18.0 Å². The number of hydrogen-bond donors (Lipinski definition) is 2. The Bertz CT molecular complexity index is 679. The average molecular weight is 357 g/mol. The number of nitrogens with one attached hydrogen (secondary N) is 1. The molecule has 0 atom stereocenters. The van der Waals surface area contributed by atoms with Crippen molar-refractivity contribution in [2.45, 2.75) is 44.9 Å². The van der Waals surface area contributed by atoms with Crippen LogP contribution >= 0.6 is 0 Å². The quantitative estimate of drug-likeness (QED) is 0.654. The number of carboxylic acid groups (broad SMARTS) is 1. The lowest BCUT2D eigenvalue weighted by atomic mass is 10.0. The molecule has 0 heterocycles. The summed E-state index contributed by atoms with van der Waals surface area (Å²) in [7, 11) is -3.64. The molecule has 0 saturated heterocycles. The van der Waals surface area contributed by atoms with E-state index in [1.807, 2.05) is 0 Å². The minimum atomic E-state index is -3.64. The van der Waals surface area contributed by atoms with Crippen molar-refractivity contribution < 1.29 is 27.9 Å². The Morgan fingerprint density at radius 3 is 2.29 bits per heavy atom. The van der Waals surface area contributed by atoms with Crippen LogP contribution in [-0.2, 0) is 25.3 Å². The Labute approximate surface area is 142 Å². The molecular weight excluding hydrogens is 334 g/mol. The molecule has 1 rings (SSSR count). The van der Waals surface area contributed by atoms with Gasteiger partial charge in [-0.15, -0.1) is 0 Å². The molecule has 0 radical (unpaired) electrons. The Balaban J connectivity index is 2.73.